The Morgan fingerprint density at radius 2 is 2.13 bits per heavy atom. The standard InChI is InChI=1S/C16H19N7/c1-3-23(4-2)15-8-14(19-11-20-15)22-21-10-12-9-18-16-13(12)6-5-7-17-16/h5-11H,3-4H2,1-2H3,(H,17,18)(H,19,20,22)/b21-10+. The second-order valence-corrected chi connectivity index (χ2v) is 4.95. The summed E-state index contributed by atoms with van der Waals surface area (Å²) in [5.74, 6) is 1.55. The van der Waals surface area contributed by atoms with E-state index in [1.165, 1.54) is 0 Å². The van der Waals surface area contributed by atoms with Gasteiger partial charge in [-0.15, -0.1) is 0 Å². The van der Waals surface area contributed by atoms with Crippen molar-refractivity contribution in [1.82, 2.24) is 19.9 Å². The summed E-state index contributed by atoms with van der Waals surface area (Å²) >= 11 is 0. The maximum absolute atomic E-state index is 4.29. The second-order valence-electron chi connectivity index (χ2n) is 4.95. The topological polar surface area (TPSA) is 82.1 Å². The molecule has 2 N–H and O–H groups in total. The maximum atomic E-state index is 4.29. The molecule has 0 spiro atoms. The third-order valence-corrected chi connectivity index (χ3v) is 3.61. The number of fused-ring (bicyclic) bond motifs is 1. The molecule has 0 aromatic carbocycles. The van der Waals surface area contributed by atoms with Crippen molar-refractivity contribution in [1.29, 1.82) is 0 Å². The summed E-state index contributed by atoms with van der Waals surface area (Å²) in [6.07, 6.45) is 6.93. The Morgan fingerprint density at radius 1 is 1.26 bits per heavy atom. The fraction of sp³-hybridized carbons (Fsp3) is 0.250. The second kappa shape index (κ2) is 6.87. The van der Waals surface area contributed by atoms with Crippen molar-refractivity contribution in [3.63, 3.8) is 0 Å². The number of H-pyrrole nitrogens is 1. The van der Waals surface area contributed by atoms with E-state index >= 15 is 0 Å². The molecule has 0 aliphatic rings. The van der Waals surface area contributed by atoms with Gasteiger partial charge in [0.1, 0.15) is 17.8 Å². The Balaban J connectivity index is 1.74. The number of anilines is 2. The summed E-state index contributed by atoms with van der Waals surface area (Å²) in [6.45, 7) is 6.00. The Hall–Kier alpha value is -2.96. The van der Waals surface area contributed by atoms with Gasteiger partial charge in [-0.05, 0) is 26.0 Å². The van der Waals surface area contributed by atoms with Crippen LogP contribution < -0.4 is 10.3 Å². The van der Waals surface area contributed by atoms with E-state index in [-0.39, 0.29) is 0 Å². The van der Waals surface area contributed by atoms with Crippen LogP contribution in [0.2, 0.25) is 0 Å². The Morgan fingerprint density at radius 3 is 2.96 bits per heavy atom. The van der Waals surface area contributed by atoms with Gasteiger partial charge < -0.3 is 9.88 Å². The quantitative estimate of drug-likeness (QED) is 0.540. The molecule has 0 amide bonds. The highest BCUT2D eigenvalue weighted by Crippen LogP contribution is 2.15. The monoisotopic (exact) mass is 309 g/mol. The van der Waals surface area contributed by atoms with E-state index in [1.807, 2.05) is 24.4 Å². The Labute approximate surface area is 134 Å². The minimum absolute atomic E-state index is 0.663. The first-order valence-corrected chi connectivity index (χ1v) is 7.60. The molecule has 3 heterocycles. The van der Waals surface area contributed by atoms with E-state index in [9.17, 15) is 0 Å². The van der Waals surface area contributed by atoms with E-state index in [4.69, 9.17) is 0 Å². The van der Waals surface area contributed by atoms with E-state index < -0.39 is 0 Å². The van der Waals surface area contributed by atoms with Gasteiger partial charge in [0.15, 0.2) is 5.82 Å². The van der Waals surface area contributed by atoms with E-state index in [0.717, 1.165) is 35.5 Å². The molecule has 7 nitrogen and oxygen atoms in total. The molecule has 118 valence electrons. The summed E-state index contributed by atoms with van der Waals surface area (Å²) in [5, 5.41) is 5.29. The normalized spacial score (nSPS) is 11.2. The Kier molecular flexibility index (Phi) is 4.46. The molecule has 3 aromatic heterocycles. The highest BCUT2D eigenvalue weighted by Gasteiger charge is 2.05. The predicted molar refractivity (Wildman–Crippen MR) is 92.9 cm³/mol. The predicted octanol–water partition coefficient (Wildman–Crippen LogP) is 2.65. The number of rotatable bonds is 6. The summed E-state index contributed by atoms with van der Waals surface area (Å²) < 4.78 is 0. The molecular weight excluding hydrogens is 290 g/mol. The lowest BCUT2D eigenvalue weighted by Gasteiger charge is -2.19. The summed E-state index contributed by atoms with van der Waals surface area (Å²) in [4.78, 5) is 18.0. The van der Waals surface area contributed by atoms with E-state index in [2.05, 4.69) is 49.2 Å². The third-order valence-electron chi connectivity index (χ3n) is 3.61. The maximum Gasteiger partial charge on any atom is 0.151 e. The highest BCUT2D eigenvalue weighted by molar-refractivity contribution is 5.97. The molecule has 0 atom stereocenters. The van der Waals surface area contributed by atoms with Crippen LogP contribution in [0.1, 0.15) is 19.4 Å². The van der Waals surface area contributed by atoms with Gasteiger partial charge in [0.25, 0.3) is 0 Å². The molecule has 7 heteroatoms. The zero-order chi connectivity index (χ0) is 16.1. The number of aromatic amines is 1. The van der Waals surface area contributed by atoms with Gasteiger partial charge in [-0.1, -0.05) is 0 Å². The van der Waals surface area contributed by atoms with Crippen molar-refractivity contribution >= 4 is 28.9 Å². The molecule has 0 unspecified atom stereocenters. The number of hydrogen-bond acceptors (Lipinski definition) is 6. The van der Waals surface area contributed by atoms with Gasteiger partial charge >= 0.3 is 0 Å². The van der Waals surface area contributed by atoms with Gasteiger partial charge in [-0.25, -0.2) is 15.0 Å². The first kappa shape index (κ1) is 15.0. The molecule has 0 saturated carbocycles. The van der Waals surface area contributed by atoms with Crippen molar-refractivity contribution in [2.75, 3.05) is 23.4 Å². The average Bonchev–Trinajstić information content (AvgIpc) is 3.00. The van der Waals surface area contributed by atoms with Gasteiger partial charge in [0.05, 0.1) is 6.21 Å². The van der Waals surface area contributed by atoms with Gasteiger partial charge in [0, 0.05) is 42.5 Å². The van der Waals surface area contributed by atoms with Crippen LogP contribution in [0.5, 0.6) is 0 Å². The van der Waals surface area contributed by atoms with Crippen LogP contribution in [0.4, 0.5) is 11.6 Å². The van der Waals surface area contributed by atoms with Gasteiger partial charge in [-0.3, -0.25) is 5.43 Å². The van der Waals surface area contributed by atoms with E-state index in [1.54, 1.807) is 18.7 Å². The minimum Gasteiger partial charge on any atom is -0.357 e. The SMILES string of the molecule is CCN(CC)c1cc(N/N=C/c2c[nH]c3ncccc23)ncn1. The summed E-state index contributed by atoms with van der Waals surface area (Å²) in [6, 6.07) is 5.80. The molecule has 0 aliphatic heterocycles. The van der Waals surface area contributed by atoms with Crippen LogP contribution in [0.15, 0.2) is 42.0 Å². The largest absolute Gasteiger partial charge is 0.357 e. The number of nitrogens with zero attached hydrogens (tertiary/aromatic N) is 5. The number of hydrazone groups is 1. The van der Waals surface area contributed by atoms with Gasteiger partial charge in [-0.2, -0.15) is 5.10 Å². The molecule has 0 bridgehead atoms. The lowest BCUT2D eigenvalue weighted by molar-refractivity contribution is 0.841. The van der Waals surface area contributed by atoms with Crippen molar-refractivity contribution in [2.24, 2.45) is 5.10 Å². The third kappa shape index (κ3) is 3.28. The molecule has 0 fully saturated rings. The smallest absolute Gasteiger partial charge is 0.151 e. The highest BCUT2D eigenvalue weighted by atomic mass is 15.3. The van der Waals surface area contributed by atoms with Crippen LogP contribution in [-0.2, 0) is 0 Å². The number of aromatic nitrogens is 4. The van der Waals surface area contributed by atoms with Crippen molar-refractivity contribution < 1.29 is 0 Å². The zero-order valence-corrected chi connectivity index (χ0v) is 13.2. The molecule has 0 saturated heterocycles. The lowest BCUT2D eigenvalue weighted by atomic mass is 10.2. The van der Waals surface area contributed by atoms with Crippen LogP contribution >= 0.6 is 0 Å². The number of hydrogen-bond donors (Lipinski definition) is 2. The molecule has 3 rings (SSSR count). The molecular formula is C16H19N7. The van der Waals surface area contributed by atoms with E-state index in [0.29, 0.717) is 5.82 Å². The first-order chi connectivity index (χ1) is 11.3. The van der Waals surface area contributed by atoms with Crippen LogP contribution in [0.3, 0.4) is 0 Å². The van der Waals surface area contributed by atoms with Gasteiger partial charge in [0.2, 0.25) is 0 Å². The van der Waals surface area contributed by atoms with Crippen LogP contribution in [-0.4, -0.2) is 39.2 Å². The first-order valence-electron chi connectivity index (χ1n) is 7.60. The molecule has 23 heavy (non-hydrogen) atoms. The van der Waals surface area contributed by atoms with Crippen LogP contribution in [0.25, 0.3) is 11.0 Å². The average molecular weight is 309 g/mol. The van der Waals surface area contributed by atoms with Crippen LogP contribution in [0, 0.1) is 0 Å². The van der Waals surface area contributed by atoms with Crippen molar-refractivity contribution in [2.45, 2.75) is 13.8 Å². The van der Waals surface area contributed by atoms with Crippen molar-refractivity contribution in [3.8, 4) is 0 Å². The molecule has 3 aromatic rings. The lowest BCUT2D eigenvalue weighted by Crippen LogP contribution is -2.23. The zero-order valence-electron chi connectivity index (χ0n) is 13.2. The Bertz CT molecular complexity index is 805. The molecule has 0 aliphatic carbocycles. The molecule has 0 radical (unpaired) electrons. The number of nitrogens with one attached hydrogen (secondary N) is 2. The fourth-order valence-corrected chi connectivity index (χ4v) is 2.38. The summed E-state index contributed by atoms with van der Waals surface area (Å²) in [5.41, 5.74) is 4.77. The summed E-state index contributed by atoms with van der Waals surface area (Å²) in [7, 11) is 0. The minimum atomic E-state index is 0.663. The fourth-order valence-electron chi connectivity index (χ4n) is 2.38. The van der Waals surface area contributed by atoms with Crippen molar-refractivity contribution in [3.05, 3.63) is 42.5 Å². The number of pyridine rings is 1.